The zero-order valence-electron chi connectivity index (χ0n) is 12.1. The van der Waals surface area contributed by atoms with Crippen LogP contribution < -0.4 is 15.8 Å². The van der Waals surface area contributed by atoms with E-state index in [1.807, 2.05) is 6.92 Å². The number of hydrogen-bond donors (Lipinski definition) is 3. The second kappa shape index (κ2) is 6.78. The normalized spacial score (nSPS) is 11.6. The van der Waals surface area contributed by atoms with Gasteiger partial charge in [0.2, 0.25) is 16.0 Å². The first-order chi connectivity index (χ1) is 10.3. The van der Waals surface area contributed by atoms with Crippen LogP contribution in [0.25, 0.3) is 0 Å². The van der Waals surface area contributed by atoms with Crippen molar-refractivity contribution in [1.82, 2.24) is 14.7 Å². The molecule has 0 unspecified atom stereocenters. The summed E-state index contributed by atoms with van der Waals surface area (Å²) < 4.78 is 26.9. The first kappa shape index (κ1) is 16.9. The van der Waals surface area contributed by atoms with E-state index in [2.05, 4.69) is 20.0 Å². The lowest BCUT2D eigenvalue weighted by atomic mass is 10.4. The average molecular weight is 362 g/mol. The molecular weight excluding hydrogens is 346 g/mol. The van der Waals surface area contributed by atoms with Crippen LogP contribution in [-0.4, -0.2) is 31.5 Å². The Morgan fingerprint density at radius 2 is 2.00 bits per heavy atom. The van der Waals surface area contributed by atoms with E-state index in [1.54, 1.807) is 13.0 Å². The predicted octanol–water partition coefficient (Wildman–Crippen LogP) is 1.78. The highest BCUT2D eigenvalue weighted by molar-refractivity contribution is 7.89. The summed E-state index contributed by atoms with van der Waals surface area (Å²) in [7, 11) is -3.50. The van der Waals surface area contributed by atoms with Gasteiger partial charge in [0.05, 0.1) is 4.90 Å². The van der Waals surface area contributed by atoms with E-state index in [0.717, 1.165) is 9.75 Å². The summed E-state index contributed by atoms with van der Waals surface area (Å²) in [5.74, 6) is 0.499. The van der Waals surface area contributed by atoms with E-state index in [1.165, 1.54) is 17.4 Å². The number of rotatable bonds is 6. The highest BCUT2D eigenvalue weighted by Gasteiger charge is 2.18. The molecule has 2 aromatic heterocycles. The Bertz CT molecular complexity index is 756. The predicted molar refractivity (Wildman–Crippen MR) is 88.9 cm³/mol. The molecular formula is C12H16ClN5O2S2. The number of thiophene rings is 1. The fourth-order valence-corrected chi connectivity index (χ4v) is 4.63. The van der Waals surface area contributed by atoms with E-state index >= 15 is 0 Å². The fourth-order valence-electron chi connectivity index (χ4n) is 1.85. The third-order valence-corrected chi connectivity index (χ3v) is 5.60. The number of aryl methyl sites for hydroxylation is 2. The standard InChI is InChI=1S/C12H16ClN5O2S2/c1-7-5-9(8(2)21-7)22(19,20)16-4-3-15-11-6-10(13)17-12(14)18-11/h5-6,16H,3-4H2,1-2H3,(H3,14,15,17,18). The Morgan fingerprint density at radius 3 is 2.59 bits per heavy atom. The van der Waals surface area contributed by atoms with Crippen molar-refractivity contribution in [1.29, 1.82) is 0 Å². The minimum absolute atomic E-state index is 0.0555. The van der Waals surface area contributed by atoms with Crippen LogP contribution in [0.4, 0.5) is 11.8 Å². The zero-order chi connectivity index (χ0) is 16.3. The van der Waals surface area contributed by atoms with E-state index in [9.17, 15) is 8.42 Å². The summed E-state index contributed by atoms with van der Waals surface area (Å²) in [5, 5.41) is 3.15. The molecule has 0 atom stereocenters. The van der Waals surface area contributed by atoms with Crippen LogP contribution in [0.3, 0.4) is 0 Å². The minimum atomic E-state index is -3.50. The molecule has 0 fully saturated rings. The molecule has 4 N–H and O–H groups in total. The van der Waals surface area contributed by atoms with Gasteiger partial charge >= 0.3 is 0 Å². The van der Waals surface area contributed by atoms with E-state index in [4.69, 9.17) is 17.3 Å². The number of nitrogens with two attached hydrogens (primary N) is 1. The molecule has 2 aromatic rings. The molecule has 2 heterocycles. The molecule has 0 saturated carbocycles. The van der Waals surface area contributed by atoms with Crippen LogP contribution >= 0.6 is 22.9 Å². The minimum Gasteiger partial charge on any atom is -0.369 e. The Labute approximate surface area is 138 Å². The fraction of sp³-hybridized carbons (Fsp3) is 0.333. The highest BCUT2D eigenvalue weighted by Crippen LogP contribution is 2.24. The van der Waals surface area contributed by atoms with E-state index in [-0.39, 0.29) is 17.6 Å². The second-order valence-electron chi connectivity index (χ2n) is 4.54. The van der Waals surface area contributed by atoms with Gasteiger partial charge in [-0.05, 0) is 19.9 Å². The number of halogens is 1. The molecule has 7 nitrogen and oxygen atoms in total. The van der Waals surface area contributed by atoms with Crippen molar-refractivity contribution in [3.63, 3.8) is 0 Å². The zero-order valence-corrected chi connectivity index (χ0v) is 14.4. The Hall–Kier alpha value is -1.42. The molecule has 0 amide bonds. The number of nitrogen functional groups attached to an aromatic ring is 1. The third-order valence-electron chi connectivity index (χ3n) is 2.72. The molecule has 0 radical (unpaired) electrons. The quantitative estimate of drug-likeness (QED) is 0.534. The molecule has 2 rings (SSSR count). The average Bonchev–Trinajstić information content (AvgIpc) is 2.73. The van der Waals surface area contributed by atoms with Gasteiger partial charge < -0.3 is 11.1 Å². The smallest absolute Gasteiger partial charge is 0.241 e. The van der Waals surface area contributed by atoms with Crippen molar-refractivity contribution in [2.45, 2.75) is 18.7 Å². The number of hydrogen-bond acceptors (Lipinski definition) is 7. The van der Waals surface area contributed by atoms with Crippen molar-refractivity contribution in [2.75, 3.05) is 24.1 Å². The van der Waals surface area contributed by atoms with Gasteiger partial charge in [0.15, 0.2) is 0 Å². The van der Waals surface area contributed by atoms with Crippen molar-refractivity contribution in [2.24, 2.45) is 0 Å². The van der Waals surface area contributed by atoms with Gasteiger partial charge in [-0.1, -0.05) is 11.6 Å². The van der Waals surface area contributed by atoms with Gasteiger partial charge in [-0.25, -0.2) is 18.1 Å². The molecule has 0 aliphatic heterocycles. The Morgan fingerprint density at radius 1 is 1.27 bits per heavy atom. The summed E-state index contributed by atoms with van der Waals surface area (Å²) in [6, 6.07) is 3.18. The van der Waals surface area contributed by atoms with Crippen molar-refractivity contribution >= 4 is 44.7 Å². The SMILES string of the molecule is Cc1cc(S(=O)(=O)NCCNc2cc(Cl)nc(N)n2)c(C)s1. The maximum absolute atomic E-state index is 12.2. The van der Waals surface area contributed by atoms with Crippen LogP contribution in [0.5, 0.6) is 0 Å². The molecule has 22 heavy (non-hydrogen) atoms. The first-order valence-corrected chi connectivity index (χ1v) is 9.06. The second-order valence-corrected chi connectivity index (χ2v) is 8.12. The van der Waals surface area contributed by atoms with Gasteiger partial charge in [0, 0.05) is 28.9 Å². The van der Waals surface area contributed by atoms with Crippen molar-refractivity contribution < 1.29 is 8.42 Å². The summed E-state index contributed by atoms with van der Waals surface area (Å²) in [6.07, 6.45) is 0. The maximum atomic E-state index is 12.2. The highest BCUT2D eigenvalue weighted by atomic mass is 35.5. The number of nitrogens with one attached hydrogen (secondary N) is 2. The van der Waals surface area contributed by atoms with E-state index in [0.29, 0.717) is 17.3 Å². The third kappa shape index (κ3) is 4.29. The number of sulfonamides is 1. The summed E-state index contributed by atoms with van der Waals surface area (Å²) in [6.45, 7) is 4.21. The number of anilines is 2. The lowest BCUT2D eigenvalue weighted by Crippen LogP contribution is -2.29. The van der Waals surface area contributed by atoms with Crippen LogP contribution in [0.1, 0.15) is 9.75 Å². The maximum Gasteiger partial charge on any atom is 0.241 e. The van der Waals surface area contributed by atoms with Gasteiger partial charge in [-0.15, -0.1) is 11.3 Å². The molecule has 0 aliphatic rings. The lowest BCUT2D eigenvalue weighted by Gasteiger charge is -2.08. The number of nitrogens with zero attached hydrogens (tertiary/aromatic N) is 2. The van der Waals surface area contributed by atoms with Gasteiger partial charge in [-0.3, -0.25) is 0 Å². The van der Waals surface area contributed by atoms with Crippen LogP contribution in [0.15, 0.2) is 17.0 Å². The number of aromatic nitrogens is 2. The Balaban J connectivity index is 1.92. The van der Waals surface area contributed by atoms with E-state index < -0.39 is 10.0 Å². The molecule has 0 aromatic carbocycles. The van der Waals surface area contributed by atoms with Crippen molar-refractivity contribution in [3.05, 3.63) is 27.0 Å². The summed E-state index contributed by atoms with van der Waals surface area (Å²) in [5.41, 5.74) is 5.47. The largest absolute Gasteiger partial charge is 0.369 e. The topological polar surface area (TPSA) is 110 Å². The summed E-state index contributed by atoms with van der Waals surface area (Å²) >= 11 is 7.21. The molecule has 0 saturated heterocycles. The lowest BCUT2D eigenvalue weighted by molar-refractivity contribution is 0.582. The van der Waals surface area contributed by atoms with Crippen LogP contribution in [0.2, 0.25) is 5.15 Å². The van der Waals surface area contributed by atoms with Gasteiger partial charge in [-0.2, -0.15) is 4.98 Å². The van der Waals surface area contributed by atoms with Gasteiger partial charge in [0.1, 0.15) is 11.0 Å². The summed E-state index contributed by atoms with van der Waals surface area (Å²) in [4.78, 5) is 9.73. The molecule has 0 bridgehead atoms. The van der Waals surface area contributed by atoms with Crippen molar-refractivity contribution in [3.8, 4) is 0 Å². The van der Waals surface area contributed by atoms with Crippen LogP contribution in [-0.2, 0) is 10.0 Å². The molecule has 0 spiro atoms. The molecule has 0 aliphatic carbocycles. The first-order valence-electron chi connectivity index (χ1n) is 6.38. The van der Waals surface area contributed by atoms with Crippen LogP contribution in [0, 0.1) is 13.8 Å². The Kier molecular flexibility index (Phi) is 5.22. The van der Waals surface area contributed by atoms with Gasteiger partial charge in [0.25, 0.3) is 0 Å². The monoisotopic (exact) mass is 361 g/mol. The molecule has 120 valence electrons. The molecule has 10 heteroatoms.